The van der Waals surface area contributed by atoms with E-state index < -0.39 is 11.9 Å². The summed E-state index contributed by atoms with van der Waals surface area (Å²) in [5, 5.41) is 2.82. The standard InChI is InChI=1S/C26H22N2O4/c29-24-16-20(18-28(24)22-11-5-2-6-12-22)26(31)27-21-10-7-13-23(17-21)32-25(30)15-14-19-8-3-1-4-9-19/h1-15,17,20H,16,18H2,(H,27,31)/b15-14+/t20-/m0/s1. The van der Waals surface area contributed by atoms with Gasteiger partial charge < -0.3 is 15.0 Å². The molecule has 1 aliphatic rings. The number of para-hydroxylation sites is 1. The molecule has 0 aromatic heterocycles. The van der Waals surface area contributed by atoms with E-state index in [1.807, 2.05) is 60.7 Å². The summed E-state index contributed by atoms with van der Waals surface area (Å²) >= 11 is 0. The Kier molecular flexibility index (Phi) is 6.41. The first-order valence-corrected chi connectivity index (χ1v) is 10.3. The van der Waals surface area contributed by atoms with Crippen molar-refractivity contribution in [1.82, 2.24) is 0 Å². The van der Waals surface area contributed by atoms with E-state index in [2.05, 4.69) is 5.32 Å². The lowest BCUT2D eigenvalue weighted by Crippen LogP contribution is -2.28. The molecule has 1 N–H and O–H groups in total. The van der Waals surface area contributed by atoms with Gasteiger partial charge in [0.2, 0.25) is 11.8 Å². The first-order chi connectivity index (χ1) is 15.6. The summed E-state index contributed by atoms with van der Waals surface area (Å²) in [6.07, 6.45) is 3.17. The van der Waals surface area contributed by atoms with Crippen LogP contribution in [0.5, 0.6) is 5.75 Å². The van der Waals surface area contributed by atoms with Gasteiger partial charge in [0.05, 0.1) is 5.92 Å². The second-order valence-corrected chi connectivity index (χ2v) is 7.42. The number of amides is 2. The van der Waals surface area contributed by atoms with E-state index in [9.17, 15) is 14.4 Å². The Bertz CT molecular complexity index is 1140. The predicted molar refractivity (Wildman–Crippen MR) is 123 cm³/mol. The van der Waals surface area contributed by atoms with E-state index in [-0.39, 0.29) is 18.2 Å². The van der Waals surface area contributed by atoms with Gasteiger partial charge in [0.15, 0.2) is 0 Å². The molecule has 0 bridgehead atoms. The van der Waals surface area contributed by atoms with Crippen LogP contribution in [0.3, 0.4) is 0 Å². The summed E-state index contributed by atoms with van der Waals surface area (Å²) in [4.78, 5) is 38.8. The van der Waals surface area contributed by atoms with E-state index in [1.165, 1.54) is 6.08 Å². The van der Waals surface area contributed by atoms with E-state index >= 15 is 0 Å². The SMILES string of the molecule is O=C(/C=C/c1ccccc1)Oc1cccc(NC(=O)[C@H]2CC(=O)N(c3ccccc3)C2)c1. The average molecular weight is 426 g/mol. The van der Waals surface area contributed by atoms with Gasteiger partial charge in [0.1, 0.15) is 5.75 Å². The third-order valence-electron chi connectivity index (χ3n) is 5.10. The molecule has 32 heavy (non-hydrogen) atoms. The number of ether oxygens (including phenoxy) is 1. The summed E-state index contributed by atoms with van der Waals surface area (Å²) in [5.74, 6) is -0.979. The summed E-state index contributed by atoms with van der Waals surface area (Å²) in [5.41, 5.74) is 2.17. The number of rotatable bonds is 6. The Morgan fingerprint density at radius 1 is 0.938 bits per heavy atom. The van der Waals surface area contributed by atoms with Gasteiger partial charge in [-0.3, -0.25) is 9.59 Å². The van der Waals surface area contributed by atoms with Gasteiger partial charge >= 0.3 is 5.97 Å². The zero-order chi connectivity index (χ0) is 22.3. The summed E-state index contributed by atoms with van der Waals surface area (Å²) in [6.45, 7) is 0.327. The highest BCUT2D eigenvalue weighted by Gasteiger charge is 2.35. The van der Waals surface area contributed by atoms with Crippen molar-refractivity contribution in [3.05, 3.63) is 96.6 Å². The lowest BCUT2D eigenvalue weighted by Gasteiger charge is -2.16. The summed E-state index contributed by atoms with van der Waals surface area (Å²) in [6, 6.07) is 25.3. The zero-order valence-corrected chi connectivity index (χ0v) is 17.3. The monoisotopic (exact) mass is 426 g/mol. The van der Waals surface area contributed by atoms with Crippen LogP contribution < -0.4 is 15.0 Å². The van der Waals surface area contributed by atoms with Crippen molar-refractivity contribution in [3.63, 3.8) is 0 Å². The number of carbonyl (C=O) groups excluding carboxylic acids is 3. The number of benzene rings is 3. The third kappa shape index (κ3) is 5.29. The maximum atomic E-state index is 12.7. The first kappa shape index (κ1) is 21.1. The highest BCUT2D eigenvalue weighted by Crippen LogP contribution is 2.26. The number of carbonyl (C=O) groups is 3. The highest BCUT2D eigenvalue weighted by atomic mass is 16.5. The number of nitrogens with zero attached hydrogens (tertiary/aromatic N) is 1. The molecular formula is C26H22N2O4. The molecule has 1 heterocycles. The Morgan fingerprint density at radius 3 is 2.41 bits per heavy atom. The summed E-state index contributed by atoms with van der Waals surface area (Å²) < 4.78 is 5.34. The van der Waals surface area contributed by atoms with Crippen molar-refractivity contribution in [2.24, 2.45) is 5.92 Å². The second kappa shape index (κ2) is 9.75. The Balaban J connectivity index is 1.35. The molecule has 3 aromatic carbocycles. The molecule has 1 fully saturated rings. The van der Waals surface area contributed by atoms with E-state index in [0.29, 0.717) is 18.0 Å². The van der Waals surface area contributed by atoms with Crippen LogP contribution in [0.15, 0.2) is 91.0 Å². The quantitative estimate of drug-likeness (QED) is 0.362. The molecule has 0 spiro atoms. The molecule has 6 heteroatoms. The Hall–Kier alpha value is -4.19. The molecule has 1 atom stereocenters. The minimum atomic E-state index is -0.516. The van der Waals surface area contributed by atoms with Crippen LogP contribution in [0.4, 0.5) is 11.4 Å². The van der Waals surface area contributed by atoms with Crippen LogP contribution in [-0.2, 0) is 14.4 Å². The number of hydrogen-bond donors (Lipinski definition) is 1. The van der Waals surface area contributed by atoms with Gasteiger partial charge in [0, 0.05) is 36.5 Å². The fraction of sp³-hybridized carbons (Fsp3) is 0.115. The van der Waals surface area contributed by atoms with Crippen LogP contribution in [-0.4, -0.2) is 24.3 Å². The average Bonchev–Trinajstić information content (AvgIpc) is 3.21. The molecule has 0 radical (unpaired) electrons. The van der Waals surface area contributed by atoms with Crippen molar-refractivity contribution in [3.8, 4) is 5.75 Å². The van der Waals surface area contributed by atoms with Crippen LogP contribution in [0, 0.1) is 5.92 Å². The van der Waals surface area contributed by atoms with Crippen molar-refractivity contribution in [2.45, 2.75) is 6.42 Å². The fourth-order valence-electron chi connectivity index (χ4n) is 3.50. The topological polar surface area (TPSA) is 75.7 Å². The minimum Gasteiger partial charge on any atom is -0.423 e. The lowest BCUT2D eigenvalue weighted by molar-refractivity contribution is -0.129. The third-order valence-corrected chi connectivity index (χ3v) is 5.10. The maximum absolute atomic E-state index is 12.7. The molecule has 0 aliphatic carbocycles. The largest absolute Gasteiger partial charge is 0.423 e. The highest BCUT2D eigenvalue weighted by molar-refractivity contribution is 6.03. The molecule has 1 aliphatic heterocycles. The van der Waals surface area contributed by atoms with Crippen LogP contribution >= 0.6 is 0 Å². The fourth-order valence-corrected chi connectivity index (χ4v) is 3.50. The molecule has 0 unspecified atom stereocenters. The molecule has 0 saturated carbocycles. The van der Waals surface area contributed by atoms with E-state index in [0.717, 1.165) is 11.3 Å². The molecule has 4 rings (SSSR count). The number of hydrogen-bond acceptors (Lipinski definition) is 4. The lowest BCUT2D eigenvalue weighted by atomic mass is 10.1. The van der Waals surface area contributed by atoms with Gasteiger partial charge in [0.25, 0.3) is 0 Å². The molecule has 1 saturated heterocycles. The number of anilines is 2. The van der Waals surface area contributed by atoms with Gasteiger partial charge in [-0.05, 0) is 35.9 Å². The summed E-state index contributed by atoms with van der Waals surface area (Å²) in [7, 11) is 0. The Labute approximate surface area is 186 Å². The van der Waals surface area contributed by atoms with Crippen molar-refractivity contribution in [2.75, 3.05) is 16.8 Å². The molecule has 160 valence electrons. The van der Waals surface area contributed by atoms with Crippen molar-refractivity contribution in [1.29, 1.82) is 0 Å². The first-order valence-electron chi connectivity index (χ1n) is 10.3. The van der Waals surface area contributed by atoms with Gasteiger partial charge in [-0.25, -0.2) is 4.79 Å². The van der Waals surface area contributed by atoms with Gasteiger partial charge in [-0.2, -0.15) is 0 Å². The smallest absolute Gasteiger partial charge is 0.336 e. The normalized spacial score (nSPS) is 15.7. The number of esters is 1. The van der Waals surface area contributed by atoms with Gasteiger partial charge in [-0.15, -0.1) is 0 Å². The van der Waals surface area contributed by atoms with E-state index in [4.69, 9.17) is 4.74 Å². The predicted octanol–water partition coefficient (Wildman–Crippen LogP) is 4.30. The van der Waals surface area contributed by atoms with Crippen molar-refractivity contribution < 1.29 is 19.1 Å². The zero-order valence-electron chi connectivity index (χ0n) is 17.3. The second-order valence-electron chi connectivity index (χ2n) is 7.42. The Morgan fingerprint density at radius 2 is 1.66 bits per heavy atom. The maximum Gasteiger partial charge on any atom is 0.336 e. The van der Waals surface area contributed by atoms with Gasteiger partial charge in [-0.1, -0.05) is 54.6 Å². The van der Waals surface area contributed by atoms with Crippen LogP contribution in [0.25, 0.3) is 6.08 Å². The van der Waals surface area contributed by atoms with Crippen molar-refractivity contribution >= 4 is 35.2 Å². The molecular weight excluding hydrogens is 404 g/mol. The van der Waals surface area contributed by atoms with Crippen LogP contribution in [0.1, 0.15) is 12.0 Å². The molecule has 6 nitrogen and oxygen atoms in total. The van der Waals surface area contributed by atoms with Crippen LogP contribution in [0.2, 0.25) is 0 Å². The molecule has 3 aromatic rings. The molecule has 2 amide bonds. The van der Waals surface area contributed by atoms with E-state index in [1.54, 1.807) is 35.2 Å². The number of nitrogens with one attached hydrogen (secondary N) is 1. The minimum absolute atomic E-state index is 0.0794.